The smallest absolute Gasteiger partial charge is 0.0702 e. The van der Waals surface area contributed by atoms with E-state index in [9.17, 15) is 0 Å². The molecule has 0 saturated carbocycles. The fourth-order valence-electron chi connectivity index (χ4n) is 9.60. The Labute approximate surface area is 399 Å². The number of fused-ring (bicyclic) bond motifs is 1. The number of benzene rings is 8. The molecule has 0 aliphatic carbocycles. The molecule has 3 nitrogen and oxygen atoms in total. The largest absolute Gasteiger partial charge is 0.256 e. The average Bonchev–Trinajstić information content (AvgIpc) is 3.42. The summed E-state index contributed by atoms with van der Waals surface area (Å²) >= 11 is 0. The van der Waals surface area contributed by atoms with Gasteiger partial charge in [0.05, 0.1) is 17.1 Å². The highest BCUT2D eigenvalue weighted by Gasteiger charge is 2.18. The van der Waals surface area contributed by atoms with E-state index in [0.717, 1.165) is 59.5 Å². The molecule has 0 aliphatic rings. The quantitative estimate of drug-likeness (QED) is 0.116. The summed E-state index contributed by atoms with van der Waals surface area (Å²) in [5.74, 6) is 0. The van der Waals surface area contributed by atoms with Crippen molar-refractivity contribution in [1.82, 2.24) is 15.0 Å². The van der Waals surface area contributed by atoms with Crippen LogP contribution >= 0.6 is 0 Å². The number of pyridine rings is 3. The monoisotopic (exact) mass is 871 g/mol. The maximum atomic E-state index is 4.80. The molecule has 0 amide bonds. The van der Waals surface area contributed by atoms with Crippen LogP contribution in [0.3, 0.4) is 0 Å². The van der Waals surface area contributed by atoms with Gasteiger partial charge >= 0.3 is 0 Å². The summed E-state index contributed by atoms with van der Waals surface area (Å²) in [5.41, 5.74) is 21.2. The van der Waals surface area contributed by atoms with Gasteiger partial charge in [-0.25, -0.2) is 0 Å². The molecule has 0 fully saturated rings. The lowest BCUT2D eigenvalue weighted by molar-refractivity contribution is 0.931. The van der Waals surface area contributed by atoms with Gasteiger partial charge in [0.1, 0.15) is 0 Å². The van der Waals surface area contributed by atoms with Gasteiger partial charge in [0.25, 0.3) is 0 Å². The van der Waals surface area contributed by atoms with Crippen LogP contribution in [0.25, 0.3) is 89.1 Å². The van der Waals surface area contributed by atoms with Crippen LogP contribution in [0.4, 0.5) is 0 Å². The molecule has 0 saturated heterocycles. The fraction of sp³-hybridized carbons (Fsp3) is 0.0615. The normalized spacial score (nSPS) is 11.2. The third kappa shape index (κ3) is 9.16. The van der Waals surface area contributed by atoms with Crippen molar-refractivity contribution in [3.63, 3.8) is 0 Å². The van der Waals surface area contributed by atoms with Crippen LogP contribution in [0.2, 0.25) is 0 Å². The molecule has 8 aromatic carbocycles. The molecular weight excluding hydrogens is 823 g/mol. The van der Waals surface area contributed by atoms with E-state index in [0.29, 0.717) is 0 Å². The van der Waals surface area contributed by atoms with Gasteiger partial charge in [-0.3, -0.25) is 15.0 Å². The molecule has 11 aromatic rings. The van der Waals surface area contributed by atoms with E-state index in [4.69, 9.17) is 4.98 Å². The molecule has 3 aromatic heterocycles. The zero-order chi connectivity index (χ0) is 45.5. The topological polar surface area (TPSA) is 38.7 Å². The predicted molar refractivity (Wildman–Crippen MR) is 283 cm³/mol. The Morgan fingerprint density at radius 1 is 0.221 bits per heavy atom. The van der Waals surface area contributed by atoms with Gasteiger partial charge in [0.15, 0.2) is 0 Å². The second-order valence-electron chi connectivity index (χ2n) is 17.5. The Hall–Kier alpha value is -8.53. The van der Waals surface area contributed by atoms with E-state index in [1.165, 1.54) is 77.5 Å². The zero-order valence-corrected chi connectivity index (χ0v) is 37.8. The van der Waals surface area contributed by atoms with Gasteiger partial charge in [-0.2, -0.15) is 0 Å². The Morgan fingerprint density at radius 3 is 1.21 bits per heavy atom. The number of hydrogen-bond donors (Lipinski definition) is 0. The van der Waals surface area contributed by atoms with Gasteiger partial charge in [0.2, 0.25) is 0 Å². The van der Waals surface area contributed by atoms with Gasteiger partial charge in [-0.15, -0.1) is 0 Å². The third-order valence-electron chi connectivity index (χ3n) is 13.1. The first-order chi connectivity index (χ1) is 33.7. The molecular formula is C65H49N3. The van der Waals surface area contributed by atoms with Crippen LogP contribution < -0.4 is 0 Å². The first-order valence-corrected chi connectivity index (χ1v) is 23.6. The highest BCUT2D eigenvalue weighted by molar-refractivity contribution is 6.08. The van der Waals surface area contributed by atoms with Crippen molar-refractivity contribution in [2.75, 3.05) is 0 Å². The molecule has 0 spiro atoms. The maximum absolute atomic E-state index is 4.80. The Kier molecular flexibility index (Phi) is 12.1. The van der Waals surface area contributed by atoms with Crippen molar-refractivity contribution < 1.29 is 0 Å². The molecule has 11 rings (SSSR count). The van der Waals surface area contributed by atoms with Crippen LogP contribution in [0, 0.1) is 0 Å². The number of hydrogen-bond acceptors (Lipinski definition) is 3. The van der Waals surface area contributed by atoms with Crippen LogP contribution in [0.15, 0.2) is 249 Å². The molecule has 0 N–H and O–H groups in total. The molecule has 3 heteroatoms. The lowest BCUT2D eigenvalue weighted by atomic mass is 9.84. The standard InChI is InChI=1S/C65H49N3/c1-2-14-50(15-3-1)56-37-38-61(59-19-7-6-18-58(56)59)62-45-53(65-22-10-13-41-68-65)35-36-60(62)57-17-5-4-16-55(57)54-43-48(25-23-46-27-31-51(32-28-46)63-20-8-11-39-66-63)42-49(44-54)26-24-47-29-33-52(34-30-47)64-21-9-12-40-67-64/h1-22,27-45H,23-26H2. The van der Waals surface area contributed by atoms with Crippen LogP contribution in [0.5, 0.6) is 0 Å². The molecule has 0 radical (unpaired) electrons. The van der Waals surface area contributed by atoms with E-state index in [2.05, 4.69) is 210 Å². The van der Waals surface area contributed by atoms with Gasteiger partial charge in [0, 0.05) is 35.3 Å². The minimum absolute atomic E-state index is 0.925. The maximum Gasteiger partial charge on any atom is 0.0702 e. The summed E-state index contributed by atoms with van der Waals surface area (Å²) in [7, 11) is 0. The van der Waals surface area contributed by atoms with E-state index in [-0.39, 0.29) is 0 Å². The van der Waals surface area contributed by atoms with Crippen molar-refractivity contribution in [3.05, 3.63) is 271 Å². The number of aryl methyl sites for hydroxylation is 4. The van der Waals surface area contributed by atoms with Crippen LogP contribution in [-0.4, -0.2) is 15.0 Å². The van der Waals surface area contributed by atoms with Crippen molar-refractivity contribution >= 4 is 10.8 Å². The van der Waals surface area contributed by atoms with Gasteiger partial charge in [-0.05, 0) is 146 Å². The van der Waals surface area contributed by atoms with E-state index < -0.39 is 0 Å². The summed E-state index contributed by atoms with van der Waals surface area (Å²) in [6.07, 6.45) is 9.31. The first kappa shape index (κ1) is 42.1. The molecule has 0 aliphatic heterocycles. The average molecular weight is 872 g/mol. The molecule has 3 heterocycles. The third-order valence-corrected chi connectivity index (χ3v) is 13.1. The number of rotatable bonds is 13. The highest BCUT2D eigenvalue weighted by Crippen LogP contribution is 2.44. The van der Waals surface area contributed by atoms with Crippen molar-refractivity contribution in [2.45, 2.75) is 25.7 Å². The predicted octanol–water partition coefficient (Wildman–Crippen LogP) is 16.3. The number of nitrogens with zero attached hydrogens (tertiary/aromatic N) is 3. The van der Waals surface area contributed by atoms with Crippen molar-refractivity contribution in [2.24, 2.45) is 0 Å². The van der Waals surface area contributed by atoms with Crippen LogP contribution in [0.1, 0.15) is 22.3 Å². The van der Waals surface area contributed by atoms with Crippen molar-refractivity contribution in [3.8, 4) is 78.3 Å². The second kappa shape index (κ2) is 19.5. The van der Waals surface area contributed by atoms with Crippen LogP contribution in [-0.2, 0) is 25.7 Å². The first-order valence-electron chi connectivity index (χ1n) is 23.6. The lowest BCUT2D eigenvalue weighted by Crippen LogP contribution is -1.98. The molecule has 324 valence electrons. The SMILES string of the molecule is c1ccc(-c2ccc(-c3cc(-c4ccccn4)ccc3-c3ccccc3-c3cc(CCc4ccc(-c5ccccn5)cc4)cc(CCc4ccc(-c5ccccn5)cc4)c3)c3ccccc23)cc1. The molecule has 0 unspecified atom stereocenters. The number of aromatic nitrogens is 3. The van der Waals surface area contributed by atoms with E-state index in [1.54, 1.807) is 0 Å². The van der Waals surface area contributed by atoms with E-state index >= 15 is 0 Å². The highest BCUT2D eigenvalue weighted by atomic mass is 14.7. The minimum Gasteiger partial charge on any atom is -0.256 e. The minimum atomic E-state index is 0.925. The fourth-order valence-corrected chi connectivity index (χ4v) is 9.60. The Bertz CT molecular complexity index is 3350. The summed E-state index contributed by atoms with van der Waals surface area (Å²) in [6.45, 7) is 0. The summed E-state index contributed by atoms with van der Waals surface area (Å²) in [5, 5.41) is 2.45. The van der Waals surface area contributed by atoms with Gasteiger partial charge in [-0.1, -0.05) is 188 Å². The Balaban J connectivity index is 0.995. The lowest BCUT2D eigenvalue weighted by Gasteiger charge is -2.19. The summed E-state index contributed by atoms with van der Waals surface area (Å²) < 4.78 is 0. The summed E-state index contributed by atoms with van der Waals surface area (Å²) in [6, 6.07) is 83.4. The summed E-state index contributed by atoms with van der Waals surface area (Å²) in [4.78, 5) is 13.9. The zero-order valence-electron chi connectivity index (χ0n) is 37.8. The molecule has 0 bridgehead atoms. The second-order valence-corrected chi connectivity index (χ2v) is 17.5. The van der Waals surface area contributed by atoms with Crippen molar-refractivity contribution in [1.29, 1.82) is 0 Å². The molecule has 68 heavy (non-hydrogen) atoms. The Morgan fingerprint density at radius 2 is 0.647 bits per heavy atom. The van der Waals surface area contributed by atoms with E-state index in [1.807, 2.05) is 48.9 Å². The molecule has 0 atom stereocenters. The van der Waals surface area contributed by atoms with Gasteiger partial charge < -0.3 is 0 Å².